The standard InChI is InChI=1S/C24H28N4O4/c1-17-7-3-5-9-21(17)31-15-23(29)27-25-19-11-13-20(14-12-19)26-28-24(30)16-32-22-10-6-4-8-18(22)2/h3-10H,11-16H2,1-2H3,(H,27,29)(H,28,30). The monoisotopic (exact) mass is 436 g/mol. The van der Waals surface area contributed by atoms with Crippen LogP contribution in [0.1, 0.15) is 36.8 Å². The zero-order valence-electron chi connectivity index (χ0n) is 18.4. The fourth-order valence-electron chi connectivity index (χ4n) is 3.12. The number of para-hydroxylation sites is 2. The van der Waals surface area contributed by atoms with Gasteiger partial charge in [-0.05, 0) is 62.8 Å². The summed E-state index contributed by atoms with van der Waals surface area (Å²) < 4.78 is 11.0. The van der Waals surface area contributed by atoms with Crippen LogP contribution in [0.15, 0.2) is 58.7 Å². The van der Waals surface area contributed by atoms with Crippen molar-refractivity contribution in [2.45, 2.75) is 39.5 Å². The lowest BCUT2D eigenvalue weighted by Crippen LogP contribution is -2.28. The molecule has 1 fully saturated rings. The molecule has 0 unspecified atom stereocenters. The predicted molar refractivity (Wildman–Crippen MR) is 123 cm³/mol. The van der Waals surface area contributed by atoms with Crippen LogP contribution < -0.4 is 20.3 Å². The van der Waals surface area contributed by atoms with E-state index in [9.17, 15) is 9.59 Å². The molecule has 0 aromatic heterocycles. The highest BCUT2D eigenvalue weighted by Gasteiger charge is 2.14. The largest absolute Gasteiger partial charge is 0.483 e. The van der Waals surface area contributed by atoms with E-state index in [2.05, 4.69) is 21.1 Å². The zero-order chi connectivity index (χ0) is 22.8. The first-order chi connectivity index (χ1) is 15.5. The van der Waals surface area contributed by atoms with Gasteiger partial charge in [0.15, 0.2) is 13.2 Å². The molecule has 0 radical (unpaired) electrons. The van der Waals surface area contributed by atoms with E-state index in [-0.39, 0.29) is 25.0 Å². The molecular weight excluding hydrogens is 408 g/mol. The van der Waals surface area contributed by atoms with E-state index in [0.717, 1.165) is 22.6 Å². The van der Waals surface area contributed by atoms with Crippen molar-refractivity contribution in [2.75, 3.05) is 13.2 Å². The molecule has 0 saturated heterocycles. The second kappa shape index (κ2) is 11.6. The number of benzene rings is 2. The molecule has 1 saturated carbocycles. The van der Waals surface area contributed by atoms with Crippen LogP contribution in [0.2, 0.25) is 0 Å². The van der Waals surface area contributed by atoms with E-state index >= 15 is 0 Å². The van der Waals surface area contributed by atoms with Crippen LogP contribution in [0, 0.1) is 13.8 Å². The average molecular weight is 437 g/mol. The predicted octanol–water partition coefficient (Wildman–Crippen LogP) is 3.28. The van der Waals surface area contributed by atoms with Gasteiger partial charge in [0.1, 0.15) is 11.5 Å². The lowest BCUT2D eigenvalue weighted by Gasteiger charge is -2.15. The minimum atomic E-state index is -0.305. The van der Waals surface area contributed by atoms with Crippen molar-refractivity contribution in [1.82, 2.24) is 10.9 Å². The Balaban J connectivity index is 1.35. The van der Waals surface area contributed by atoms with Crippen LogP contribution in [0.25, 0.3) is 0 Å². The van der Waals surface area contributed by atoms with Gasteiger partial charge in [-0.25, -0.2) is 10.9 Å². The Hall–Kier alpha value is -3.68. The first kappa shape index (κ1) is 23.0. The van der Waals surface area contributed by atoms with Crippen molar-refractivity contribution in [3.63, 3.8) is 0 Å². The molecule has 3 rings (SSSR count). The molecule has 1 aliphatic carbocycles. The van der Waals surface area contributed by atoms with E-state index in [1.54, 1.807) is 0 Å². The molecule has 2 aromatic carbocycles. The quantitative estimate of drug-likeness (QED) is 0.620. The molecule has 2 aromatic rings. The molecule has 0 bridgehead atoms. The Bertz CT molecular complexity index is 923. The number of ether oxygens (including phenoxy) is 2. The number of hydrogen-bond acceptors (Lipinski definition) is 6. The Labute approximate surface area is 187 Å². The maximum Gasteiger partial charge on any atom is 0.277 e. The number of nitrogens with one attached hydrogen (secondary N) is 2. The summed E-state index contributed by atoms with van der Waals surface area (Å²) in [5, 5.41) is 8.39. The number of nitrogens with zero attached hydrogens (tertiary/aromatic N) is 2. The molecule has 2 N–H and O–H groups in total. The van der Waals surface area contributed by atoms with E-state index < -0.39 is 0 Å². The molecule has 32 heavy (non-hydrogen) atoms. The third kappa shape index (κ3) is 7.23. The third-order valence-corrected chi connectivity index (χ3v) is 4.99. The number of carbonyl (C=O) groups is 2. The molecule has 2 amide bonds. The molecular formula is C24H28N4O4. The van der Waals surface area contributed by atoms with Crippen LogP contribution in [0.5, 0.6) is 11.5 Å². The Morgan fingerprint density at radius 2 is 1.09 bits per heavy atom. The van der Waals surface area contributed by atoms with Crippen LogP contribution in [-0.2, 0) is 9.59 Å². The zero-order valence-corrected chi connectivity index (χ0v) is 18.4. The Morgan fingerprint density at radius 1 is 0.719 bits per heavy atom. The van der Waals surface area contributed by atoms with Gasteiger partial charge in [-0.3, -0.25) is 9.59 Å². The van der Waals surface area contributed by atoms with Crippen molar-refractivity contribution in [3.8, 4) is 11.5 Å². The van der Waals surface area contributed by atoms with Gasteiger partial charge in [0.2, 0.25) is 0 Å². The number of hydrogen-bond donors (Lipinski definition) is 2. The van der Waals surface area contributed by atoms with Crippen LogP contribution in [-0.4, -0.2) is 36.5 Å². The van der Waals surface area contributed by atoms with E-state index in [1.807, 2.05) is 62.4 Å². The molecule has 0 aliphatic heterocycles. The maximum absolute atomic E-state index is 12.0. The summed E-state index contributed by atoms with van der Waals surface area (Å²) in [4.78, 5) is 23.9. The number of rotatable bonds is 8. The minimum Gasteiger partial charge on any atom is -0.483 e. The number of aryl methyl sites for hydroxylation is 2. The van der Waals surface area contributed by atoms with Gasteiger partial charge in [-0.2, -0.15) is 10.2 Å². The summed E-state index contributed by atoms with van der Waals surface area (Å²) in [5.41, 5.74) is 8.81. The number of hydrazone groups is 2. The van der Waals surface area contributed by atoms with Crippen LogP contribution in [0.3, 0.4) is 0 Å². The first-order valence-corrected chi connectivity index (χ1v) is 10.6. The summed E-state index contributed by atoms with van der Waals surface area (Å²) in [5.74, 6) is 0.752. The lowest BCUT2D eigenvalue weighted by molar-refractivity contribution is -0.123. The smallest absolute Gasteiger partial charge is 0.277 e. The second-order valence-electron chi connectivity index (χ2n) is 7.53. The summed E-state index contributed by atoms with van der Waals surface area (Å²) in [6, 6.07) is 15.1. The Morgan fingerprint density at radius 3 is 1.47 bits per heavy atom. The SMILES string of the molecule is Cc1ccccc1OCC(=O)NN=C1CCC(=NNC(=O)COc2ccccc2C)CC1. The highest BCUT2D eigenvalue weighted by molar-refractivity contribution is 5.99. The van der Waals surface area contributed by atoms with Gasteiger partial charge in [-0.1, -0.05) is 36.4 Å². The highest BCUT2D eigenvalue weighted by atomic mass is 16.5. The molecule has 8 nitrogen and oxygen atoms in total. The maximum atomic E-state index is 12.0. The van der Waals surface area contributed by atoms with E-state index in [4.69, 9.17) is 9.47 Å². The fraction of sp³-hybridized carbons (Fsp3) is 0.333. The first-order valence-electron chi connectivity index (χ1n) is 10.6. The van der Waals surface area contributed by atoms with Crippen molar-refractivity contribution >= 4 is 23.2 Å². The van der Waals surface area contributed by atoms with Crippen molar-refractivity contribution in [2.24, 2.45) is 10.2 Å². The Kier molecular flexibility index (Phi) is 8.36. The van der Waals surface area contributed by atoms with Gasteiger partial charge in [0, 0.05) is 11.4 Å². The minimum absolute atomic E-state index is 0.0923. The summed E-state index contributed by atoms with van der Waals surface area (Å²) in [6.45, 7) is 3.67. The van der Waals surface area contributed by atoms with Crippen molar-refractivity contribution in [3.05, 3.63) is 59.7 Å². The molecule has 168 valence electrons. The third-order valence-electron chi connectivity index (χ3n) is 4.99. The van der Waals surface area contributed by atoms with Gasteiger partial charge >= 0.3 is 0 Å². The van der Waals surface area contributed by atoms with Crippen LogP contribution >= 0.6 is 0 Å². The van der Waals surface area contributed by atoms with E-state index in [0.29, 0.717) is 37.2 Å². The summed E-state index contributed by atoms with van der Waals surface area (Å²) >= 11 is 0. The van der Waals surface area contributed by atoms with E-state index in [1.165, 1.54) is 0 Å². The summed E-state index contributed by atoms with van der Waals surface area (Å²) in [7, 11) is 0. The average Bonchev–Trinajstić information content (AvgIpc) is 2.81. The number of carbonyl (C=O) groups excluding carboxylic acids is 2. The highest BCUT2D eigenvalue weighted by Crippen LogP contribution is 2.17. The van der Waals surface area contributed by atoms with Gasteiger partial charge in [0.05, 0.1) is 0 Å². The normalized spacial score (nSPS) is 13.2. The second-order valence-corrected chi connectivity index (χ2v) is 7.53. The molecule has 0 spiro atoms. The van der Waals surface area contributed by atoms with Crippen molar-refractivity contribution in [1.29, 1.82) is 0 Å². The fourth-order valence-corrected chi connectivity index (χ4v) is 3.12. The summed E-state index contributed by atoms with van der Waals surface area (Å²) in [6.07, 6.45) is 2.70. The van der Waals surface area contributed by atoms with Crippen LogP contribution in [0.4, 0.5) is 0 Å². The van der Waals surface area contributed by atoms with Crippen molar-refractivity contribution < 1.29 is 19.1 Å². The van der Waals surface area contributed by atoms with Gasteiger partial charge in [0.25, 0.3) is 11.8 Å². The lowest BCUT2D eigenvalue weighted by atomic mass is 9.97. The van der Waals surface area contributed by atoms with Gasteiger partial charge < -0.3 is 9.47 Å². The molecule has 1 aliphatic rings. The molecule has 8 heteroatoms. The molecule has 0 atom stereocenters. The number of amides is 2. The van der Waals surface area contributed by atoms with Gasteiger partial charge in [-0.15, -0.1) is 0 Å². The topological polar surface area (TPSA) is 101 Å². The molecule has 0 heterocycles.